The summed E-state index contributed by atoms with van der Waals surface area (Å²) < 4.78 is 10.9. The lowest BCUT2D eigenvalue weighted by atomic mass is 10.0. The fourth-order valence-electron chi connectivity index (χ4n) is 3.20. The number of nitrogens with one attached hydrogen (secondary N) is 1. The van der Waals surface area contributed by atoms with Gasteiger partial charge < -0.3 is 14.8 Å². The molecule has 104 valence electrons. The highest BCUT2D eigenvalue weighted by Gasteiger charge is 2.24. The van der Waals surface area contributed by atoms with Crippen molar-refractivity contribution in [3.8, 4) is 5.75 Å². The molecule has 0 spiro atoms. The fraction of sp³-hybridized carbons (Fsp3) is 0.625. The molecular weight excluding hydrogens is 238 g/mol. The Morgan fingerprint density at radius 3 is 3.11 bits per heavy atom. The summed E-state index contributed by atoms with van der Waals surface area (Å²) in [5.74, 6) is 1.65. The van der Waals surface area contributed by atoms with Crippen molar-refractivity contribution in [3.63, 3.8) is 0 Å². The molecule has 3 nitrogen and oxygen atoms in total. The van der Waals surface area contributed by atoms with E-state index in [4.69, 9.17) is 9.47 Å². The van der Waals surface area contributed by atoms with Gasteiger partial charge in [0, 0.05) is 19.2 Å². The van der Waals surface area contributed by atoms with Gasteiger partial charge in [0.05, 0.1) is 13.7 Å². The van der Waals surface area contributed by atoms with E-state index < -0.39 is 0 Å². The van der Waals surface area contributed by atoms with Crippen molar-refractivity contribution in [2.45, 2.75) is 31.7 Å². The lowest BCUT2D eigenvalue weighted by Crippen LogP contribution is -2.31. The molecule has 3 heteroatoms. The molecule has 1 saturated heterocycles. The average Bonchev–Trinajstić information content (AvgIpc) is 2.88. The topological polar surface area (TPSA) is 30.5 Å². The maximum absolute atomic E-state index is 5.54. The summed E-state index contributed by atoms with van der Waals surface area (Å²) in [6.07, 6.45) is 4.89. The SMILES string of the molecule is COc1ccc2c(c1)C(NCC1CCCOC1)CC2. The predicted octanol–water partition coefficient (Wildman–Crippen LogP) is 2.70. The second kappa shape index (κ2) is 5.93. The van der Waals surface area contributed by atoms with E-state index in [0.717, 1.165) is 25.5 Å². The van der Waals surface area contributed by atoms with Crippen LogP contribution in [0.15, 0.2) is 18.2 Å². The van der Waals surface area contributed by atoms with Crippen molar-refractivity contribution in [3.05, 3.63) is 29.3 Å². The Morgan fingerprint density at radius 1 is 1.37 bits per heavy atom. The van der Waals surface area contributed by atoms with Gasteiger partial charge in [-0.15, -0.1) is 0 Å². The van der Waals surface area contributed by atoms with E-state index in [2.05, 4.69) is 23.5 Å². The third kappa shape index (κ3) is 2.93. The van der Waals surface area contributed by atoms with Gasteiger partial charge in [0.25, 0.3) is 0 Å². The number of hydrogen-bond acceptors (Lipinski definition) is 3. The molecule has 0 bridgehead atoms. The molecule has 19 heavy (non-hydrogen) atoms. The van der Waals surface area contributed by atoms with Gasteiger partial charge in [0.1, 0.15) is 5.75 Å². The molecule has 1 aliphatic heterocycles. The predicted molar refractivity (Wildman–Crippen MR) is 75.6 cm³/mol. The van der Waals surface area contributed by atoms with E-state index in [1.807, 2.05) is 0 Å². The molecular formula is C16H23NO2. The lowest BCUT2D eigenvalue weighted by molar-refractivity contribution is 0.0538. The summed E-state index contributed by atoms with van der Waals surface area (Å²) in [4.78, 5) is 0. The Hall–Kier alpha value is -1.06. The van der Waals surface area contributed by atoms with Crippen LogP contribution in [0.25, 0.3) is 0 Å². The Kier molecular flexibility index (Phi) is 4.04. The van der Waals surface area contributed by atoms with Gasteiger partial charge in [0.2, 0.25) is 0 Å². The zero-order valence-corrected chi connectivity index (χ0v) is 11.7. The maximum atomic E-state index is 5.54. The second-order valence-corrected chi connectivity index (χ2v) is 5.65. The van der Waals surface area contributed by atoms with E-state index >= 15 is 0 Å². The highest BCUT2D eigenvalue weighted by molar-refractivity contribution is 5.40. The first-order valence-corrected chi connectivity index (χ1v) is 7.35. The monoisotopic (exact) mass is 261 g/mol. The van der Waals surface area contributed by atoms with E-state index in [9.17, 15) is 0 Å². The highest BCUT2D eigenvalue weighted by atomic mass is 16.5. The van der Waals surface area contributed by atoms with Gasteiger partial charge in [-0.05, 0) is 54.9 Å². The first-order valence-electron chi connectivity index (χ1n) is 7.35. The number of aryl methyl sites for hydroxylation is 1. The van der Waals surface area contributed by atoms with Crippen LogP contribution in [0.3, 0.4) is 0 Å². The van der Waals surface area contributed by atoms with Crippen molar-refractivity contribution in [2.24, 2.45) is 5.92 Å². The van der Waals surface area contributed by atoms with Gasteiger partial charge in [-0.3, -0.25) is 0 Å². The van der Waals surface area contributed by atoms with Crippen LogP contribution in [0.2, 0.25) is 0 Å². The number of fused-ring (bicyclic) bond motifs is 1. The molecule has 1 N–H and O–H groups in total. The van der Waals surface area contributed by atoms with Crippen LogP contribution in [0, 0.1) is 5.92 Å². The van der Waals surface area contributed by atoms with Gasteiger partial charge in [0.15, 0.2) is 0 Å². The van der Waals surface area contributed by atoms with Crippen LogP contribution < -0.4 is 10.1 Å². The van der Waals surface area contributed by atoms with Crippen LogP contribution in [0.4, 0.5) is 0 Å². The quantitative estimate of drug-likeness (QED) is 0.904. The van der Waals surface area contributed by atoms with Crippen LogP contribution in [0.5, 0.6) is 5.75 Å². The standard InChI is InChI=1S/C16H23NO2/c1-18-14-6-4-13-5-7-16(15(13)9-14)17-10-12-3-2-8-19-11-12/h4,6,9,12,16-17H,2-3,5,7-8,10-11H2,1H3. The minimum atomic E-state index is 0.493. The van der Waals surface area contributed by atoms with Gasteiger partial charge in [-0.2, -0.15) is 0 Å². The molecule has 0 radical (unpaired) electrons. The molecule has 2 unspecified atom stereocenters. The van der Waals surface area contributed by atoms with E-state index in [1.165, 1.54) is 36.8 Å². The van der Waals surface area contributed by atoms with Crippen molar-refractivity contribution in [1.82, 2.24) is 5.32 Å². The Morgan fingerprint density at radius 2 is 2.32 bits per heavy atom. The first-order chi connectivity index (χ1) is 9.36. The molecule has 0 saturated carbocycles. The van der Waals surface area contributed by atoms with E-state index in [-0.39, 0.29) is 0 Å². The number of hydrogen-bond donors (Lipinski definition) is 1. The van der Waals surface area contributed by atoms with Gasteiger partial charge in [-0.1, -0.05) is 6.07 Å². The smallest absolute Gasteiger partial charge is 0.119 e. The Bertz CT molecular complexity index is 427. The van der Waals surface area contributed by atoms with Crippen molar-refractivity contribution in [2.75, 3.05) is 26.9 Å². The lowest BCUT2D eigenvalue weighted by Gasteiger charge is -2.24. The number of rotatable bonds is 4. The summed E-state index contributed by atoms with van der Waals surface area (Å²) in [6.45, 7) is 2.94. The maximum Gasteiger partial charge on any atom is 0.119 e. The molecule has 0 amide bonds. The van der Waals surface area contributed by atoms with E-state index in [1.54, 1.807) is 7.11 Å². The average molecular weight is 261 g/mol. The summed E-state index contributed by atoms with van der Waals surface area (Å²) >= 11 is 0. The number of methoxy groups -OCH3 is 1. The summed E-state index contributed by atoms with van der Waals surface area (Å²) in [7, 11) is 1.73. The highest BCUT2D eigenvalue weighted by Crippen LogP contribution is 2.33. The molecule has 1 aliphatic carbocycles. The molecule has 1 fully saturated rings. The minimum Gasteiger partial charge on any atom is -0.497 e. The van der Waals surface area contributed by atoms with Crippen LogP contribution in [-0.4, -0.2) is 26.9 Å². The molecule has 2 aliphatic rings. The zero-order valence-electron chi connectivity index (χ0n) is 11.7. The first kappa shape index (κ1) is 12.9. The molecule has 1 aromatic carbocycles. The second-order valence-electron chi connectivity index (χ2n) is 5.65. The number of ether oxygens (including phenoxy) is 2. The normalized spacial score (nSPS) is 26.2. The van der Waals surface area contributed by atoms with Crippen LogP contribution in [0.1, 0.15) is 36.4 Å². The van der Waals surface area contributed by atoms with Gasteiger partial charge >= 0.3 is 0 Å². The van der Waals surface area contributed by atoms with Crippen molar-refractivity contribution < 1.29 is 9.47 Å². The van der Waals surface area contributed by atoms with Crippen molar-refractivity contribution in [1.29, 1.82) is 0 Å². The third-order valence-corrected chi connectivity index (χ3v) is 4.34. The van der Waals surface area contributed by atoms with Gasteiger partial charge in [-0.25, -0.2) is 0 Å². The summed E-state index contributed by atoms with van der Waals surface area (Å²) in [6, 6.07) is 6.96. The van der Waals surface area contributed by atoms with E-state index in [0.29, 0.717) is 12.0 Å². The van der Waals surface area contributed by atoms with Crippen LogP contribution >= 0.6 is 0 Å². The molecule has 0 aromatic heterocycles. The molecule has 3 rings (SSSR count). The fourth-order valence-corrected chi connectivity index (χ4v) is 3.20. The Labute approximate surface area is 115 Å². The largest absolute Gasteiger partial charge is 0.497 e. The third-order valence-electron chi connectivity index (χ3n) is 4.34. The Balaban J connectivity index is 1.61. The summed E-state index contributed by atoms with van der Waals surface area (Å²) in [5.41, 5.74) is 2.90. The zero-order chi connectivity index (χ0) is 13.1. The van der Waals surface area contributed by atoms with Crippen LogP contribution in [-0.2, 0) is 11.2 Å². The molecule has 1 aromatic rings. The molecule has 1 heterocycles. The summed E-state index contributed by atoms with van der Waals surface area (Å²) in [5, 5.41) is 3.72. The number of benzene rings is 1. The molecule has 2 atom stereocenters. The minimum absolute atomic E-state index is 0.493. The van der Waals surface area contributed by atoms with Crippen molar-refractivity contribution >= 4 is 0 Å².